The molecule has 9 heteroatoms. The van der Waals surface area contributed by atoms with Gasteiger partial charge in [0.1, 0.15) is 5.82 Å². The molecule has 1 fully saturated rings. The number of nitrogens with two attached hydrogens (primary N) is 2. The Hall–Kier alpha value is -4.11. The Bertz CT molecular complexity index is 1390. The highest BCUT2D eigenvalue weighted by molar-refractivity contribution is 5.98. The predicted octanol–water partition coefficient (Wildman–Crippen LogP) is 4.36. The van der Waals surface area contributed by atoms with Gasteiger partial charge in [-0.15, -0.1) is 0 Å². The van der Waals surface area contributed by atoms with Crippen LogP contribution in [0.1, 0.15) is 36.0 Å². The van der Waals surface area contributed by atoms with E-state index >= 15 is 0 Å². The number of halogens is 1. The van der Waals surface area contributed by atoms with Crippen LogP contribution in [0, 0.1) is 5.82 Å². The van der Waals surface area contributed by atoms with Crippen LogP contribution < -0.4 is 22.1 Å². The molecule has 3 heterocycles. The average Bonchev–Trinajstić information content (AvgIpc) is 2.87. The first kappa shape index (κ1) is 22.7. The van der Waals surface area contributed by atoms with Crippen molar-refractivity contribution in [3.05, 3.63) is 72.6 Å². The second kappa shape index (κ2) is 9.63. The Morgan fingerprint density at radius 2 is 1.80 bits per heavy atom. The van der Waals surface area contributed by atoms with Crippen molar-refractivity contribution in [2.24, 2.45) is 11.5 Å². The minimum atomic E-state index is -0.785. The number of nitrogens with one attached hydrogen (secondary N) is 2. The SMILES string of the molecule is NC(=O)c1cc(F)c(NC2CCCCC2N)nc1Nc1cncc(-c2ccc3cnccc3c2)c1. The zero-order chi connectivity index (χ0) is 24.4. The quantitative estimate of drug-likeness (QED) is 0.329. The van der Waals surface area contributed by atoms with E-state index in [4.69, 9.17) is 11.5 Å². The lowest BCUT2D eigenvalue weighted by atomic mass is 9.91. The van der Waals surface area contributed by atoms with Crippen molar-refractivity contribution in [3.63, 3.8) is 0 Å². The van der Waals surface area contributed by atoms with E-state index in [1.165, 1.54) is 0 Å². The Labute approximate surface area is 202 Å². The lowest BCUT2D eigenvalue weighted by molar-refractivity contribution is 0.100. The zero-order valence-corrected chi connectivity index (χ0v) is 19.0. The second-order valence-corrected chi connectivity index (χ2v) is 8.80. The van der Waals surface area contributed by atoms with Gasteiger partial charge in [0, 0.05) is 41.6 Å². The molecular weight excluding hydrogens is 445 g/mol. The number of rotatable bonds is 6. The molecule has 178 valence electrons. The first-order valence-corrected chi connectivity index (χ1v) is 11.6. The van der Waals surface area contributed by atoms with Gasteiger partial charge in [-0.3, -0.25) is 14.8 Å². The average molecular weight is 472 g/mol. The van der Waals surface area contributed by atoms with Crippen LogP contribution in [-0.2, 0) is 0 Å². The Morgan fingerprint density at radius 3 is 2.63 bits per heavy atom. The van der Waals surface area contributed by atoms with Crippen molar-refractivity contribution in [1.82, 2.24) is 15.0 Å². The fourth-order valence-electron chi connectivity index (χ4n) is 4.45. The van der Waals surface area contributed by atoms with Gasteiger partial charge in [0.15, 0.2) is 11.6 Å². The molecule has 0 saturated heterocycles. The van der Waals surface area contributed by atoms with Gasteiger partial charge >= 0.3 is 0 Å². The summed E-state index contributed by atoms with van der Waals surface area (Å²) in [6, 6.07) is 10.8. The highest BCUT2D eigenvalue weighted by Gasteiger charge is 2.24. The summed E-state index contributed by atoms with van der Waals surface area (Å²) in [7, 11) is 0. The number of benzene rings is 1. The van der Waals surface area contributed by atoms with Gasteiger partial charge in [0.05, 0.1) is 17.4 Å². The molecule has 35 heavy (non-hydrogen) atoms. The van der Waals surface area contributed by atoms with E-state index in [1.54, 1.807) is 18.6 Å². The third-order valence-electron chi connectivity index (χ3n) is 6.36. The maximum atomic E-state index is 14.8. The molecule has 2 unspecified atom stereocenters. The smallest absolute Gasteiger partial charge is 0.252 e. The second-order valence-electron chi connectivity index (χ2n) is 8.80. The lowest BCUT2D eigenvalue weighted by Gasteiger charge is -2.30. The summed E-state index contributed by atoms with van der Waals surface area (Å²) in [6.45, 7) is 0. The Kier molecular flexibility index (Phi) is 6.24. The van der Waals surface area contributed by atoms with E-state index in [9.17, 15) is 9.18 Å². The summed E-state index contributed by atoms with van der Waals surface area (Å²) in [5, 5.41) is 8.32. The minimum absolute atomic E-state index is 0.0344. The van der Waals surface area contributed by atoms with E-state index in [2.05, 4.69) is 31.7 Å². The van der Waals surface area contributed by atoms with E-state index in [-0.39, 0.29) is 29.3 Å². The molecule has 0 spiro atoms. The van der Waals surface area contributed by atoms with Crippen LogP contribution in [0.15, 0.2) is 61.2 Å². The van der Waals surface area contributed by atoms with Crippen molar-refractivity contribution < 1.29 is 9.18 Å². The molecule has 5 rings (SSSR count). The van der Waals surface area contributed by atoms with E-state index < -0.39 is 11.7 Å². The Balaban J connectivity index is 1.46. The van der Waals surface area contributed by atoms with Gasteiger partial charge in [0.25, 0.3) is 5.91 Å². The number of carbonyl (C=O) groups excluding carboxylic acids is 1. The fraction of sp³-hybridized carbons (Fsp3) is 0.231. The third-order valence-corrected chi connectivity index (χ3v) is 6.36. The normalized spacial score (nSPS) is 17.8. The van der Waals surface area contributed by atoms with Crippen molar-refractivity contribution in [2.45, 2.75) is 37.8 Å². The van der Waals surface area contributed by atoms with Gasteiger partial charge in [-0.1, -0.05) is 25.0 Å². The molecule has 1 aliphatic rings. The minimum Gasteiger partial charge on any atom is -0.365 e. The number of nitrogens with zero attached hydrogens (tertiary/aromatic N) is 3. The van der Waals surface area contributed by atoms with Crippen LogP contribution in [0.25, 0.3) is 21.9 Å². The number of hydrogen-bond acceptors (Lipinski definition) is 7. The molecule has 1 aromatic carbocycles. The number of carbonyl (C=O) groups is 1. The van der Waals surface area contributed by atoms with Gasteiger partial charge in [-0.25, -0.2) is 9.37 Å². The molecule has 1 aliphatic carbocycles. The molecule has 1 saturated carbocycles. The number of amides is 1. The van der Waals surface area contributed by atoms with Crippen molar-refractivity contribution >= 4 is 34.0 Å². The number of fused-ring (bicyclic) bond motifs is 1. The number of primary amides is 1. The zero-order valence-electron chi connectivity index (χ0n) is 19.0. The number of anilines is 3. The molecular formula is C26H26FN7O. The van der Waals surface area contributed by atoms with Gasteiger partial charge in [-0.05, 0) is 48.1 Å². The highest BCUT2D eigenvalue weighted by atomic mass is 19.1. The lowest BCUT2D eigenvalue weighted by Crippen LogP contribution is -2.43. The van der Waals surface area contributed by atoms with E-state index in [0.717, 1.165) is 53.6 Å². The molecule has 4 aromatic rings. The summed E-state index contributed by atoms with van der Waals surface area (Å²) in [6.07, 6.45) is 10.7. The molecule has 0 bridgehead atoms. The molecule has 6 N–H and O–H groups in total. The van der Waals surface area contributed by atoms with E-state index in [1.807, 2.05) is 30.5 Å². The van der Waals surface area contributed by atoms with Crippen LogP contribution in [0.5, 0.6) is 0 Å². The number of aromatic nitrogens is 3. The van der Waals surface area contributed by atoms with Gasteiger partial charge in [-0.2, -0.15) is 0 Å². The molecule has 0 aliphatic heterocycles. The topological polar surface area (TPSA) is 132 Å². The van der Waals surface area contributed by atoms with Crippen LogP contribution >= 0.6 is 0 Å². The number of hydrogen-bond donors (Lipinski definition) is 4. The molecule has 2 atom stereocenters. The highest BCUT2D eigenvalue weighted by Crippen LogP contribution is 2.29. The van der Waals surface area contributed by atoms with Crippen molar-refractivity contribution in [1.29, 1.82) is 0 Å². The summed E-state index contributed by atoms with van der Waals surface area (Å²) in [4.78, 5) is 24.9. The first-order chi connectivity index (χ1) is 17.0. The summed E-state index contributed by atoms with van der Waals surface area (Å²) in [5.41, 5.74) is 14.1. The first-order valence-electron chi connectivity index (χ1n) is 11.6. The largest absolute Gasteiger partial charge is 0.365 e. The summed E-state index contributed by atoms with van der Waals surface area (Å²) < 4.78 is 14.8. The maximum Gasteiger partial charge on any atom is 0.252 e. The molecule has 0 radical (unpaired) electrons. The van der Waals surface area contributed by atoms with Crippen LogP contribution in [0.3, 0.4) is 0 Å². The van der Waals surface area contributed by atoms with Crippen LogP contribution in [0.2, 0.25) is 0 Å². The van der Waals surface area contributed by atoms with Crippen LogP contribution in [-0.4, -0.2) is 32.9 Å². The number of pyridine rings is 3. The van der Waals surface area contributed by atoms with E-state index in [0.29, 0.717) is 5.69 Å². The van der Waals surface area contributed by atoms with Gasteiger partial charge < -0.3 is 22.1 Å². The molecule has 1 amide bonds. The van der Waals surface area contributed by atoms with Gasteiger partial charge in [0.2, 0.25) is 0 Å². The summed E-state index contributed by atoms with van der Waals surface area (Å²) >= 11 is 0. The Morgan fingerprint density at radius 1 is 0.943 bits per heavy atom. The maximum absolute atomic E-state index is 14.8. The third kappa shape index (κ3) is 4.90. The van der Waals surface area contributed by atoms with Crippen molar-refractivity contribution in [3.8, 4) is 11.1 Å². The van der Waals surface area contributed by atoms with Crippen LogP contribution in [0.4, 0.5) is 21.7 Å². The standard InChI is InChI=1S/C26H26FN7O/c27-21-11-20(24(29)35)25(34-26(21)33-23-4-2-1-3-22(23)28)32-19-10-18(13-31-14-19)15-5-6-17-12-30-8-7-16(17)9-15/h5-14,22-23H,1-4,28H2,(H2,29,35)(H2,32,33,34). The monoisotopic (exact) mass is 471 g/mol. The fourth-order valence-corrected chi connectivity index (χ4v) is 4.45. The van der Waals surface area contributed by atoms with Crippen molar-refractivity contribution in [2.75, 3.05) is 10.6 Å². The summed E-state index contributed by atoms with van der Waals surface area (Å²) in [5.74, 6) is -1.26. The molecule has 3 aromatic heterocycles. The molecule has 8 nitrogen and oxygen atoms in total. The predicted molar refractivity (Wildman–Crippen MR) is 135 cm³/mol.